The van der Waals surface area contributed by atoms with Gasteiger partial charge >= 0.3 is 0 Å². The minimum atomic E-state index is -0.613. The Hall–Kier alpha value is -0.310. The van der Waals surface area contributed by atoms with E-state index in [1.165, 1.54) is 0 Å². The molecule has 0 fully saturated rings. The Labute approximate surface area is 77.4 Å². The summed E-state index contributed by atoms with van der Waals surface area (Å²) in [6.07, 6.45) is 0.943. The van der Waals surface area contributed by atoms with Crippen LogP contribution in [0.4, 0.5) is 0 Å². The third-order valence-corrected chi connectivity index (χ3v) is 2.20. The van der Waals surface area contributed by atoms with Crippen LogP contribution in [0.1, 0.15) is 0 Å². The van der Waals surface area contributed by atoms with Gasteiger partial charge < -0.3 is 0 Å². The van der Waals surface area contributed by atoms with Gasteiger partial charge in [0.15, 0.2) is 5.78 Å². The topological polar surface area (TPSA) is 34.1 Å². The first-order valence-corrected chi connectivity index (χ1v) is 3.69. The quantitative estimate of drug-likeness (QED) is 0.574. The van der Waals surface area contributed by atoms with Gasteiger partial charge in [0.1, 0.15) is 10.1 Å². The van der Waals surface area contributed by atoms with Gasteiger partial charge in [0.05, 0.1) is 5.03 Å². The number of hydrogen-bond acceptors (Lipinski definition) is 2. The summed E-state index contributed by atoms with van der Waals surface area (Å²) in [6.45, 7) is 0. The maximum Gasteiger partial charge on any atom is 0.217 e. The lowest BCUT2D eigenvalue weighted by atomic mass is 10.1. The normalized spacial score (nSPS) is 19.0. The number of halogens is 3. The van der Waals surface area contributed by atoms with Gasteiger partial charge in [0, 0.05) is 6.08 Å². The molecule has 2 nitrogen and oxygen atoms in total. The molecule has 0 bridgehead atoms. The number of carbonyl (C=O) groups is 2. The van der Waals surface area contributed by atoms with Crippen LogP contribution in [-0.2, 0) is 9.59 Å². The van der Waals surface area contributed by atoms with E-state index in [1.54, 1.807) is 0 Å². The second kappa shape index (κ2) is 2.97. The van der Waals surface area contributed by atoms with Crippen molar-refractivity contribution in [3.8, 4) is 0 Å². The van der Waals surface area contributed by atoms with Crippen molar-refractivity contribution in [2.24, 2.45) is 0 Å². The van der Waals surface area contributed by atoms with E-state index < -0.39 is 11.6 Å². The van der Waals surface area contributed by atoms with Crippen LogP contribution in [0.2, 0.25) is 0 Å². The summed E-state index contributed by atoms with van der Waals surface area (Å²) in [5.74, 6) is -1.15. The van der Waals surface area contributed by atoms with E-state index in [1.807, 2.05) is 0 Å². The Kier molecular flexibility index (Phi) is 2.37. The van der Waals surface area contributed by atoms with Gasteiger partial charge in [-0.25, -0.2) is 0 Å². The summed E-state index contributed by atoms with van der Waals surface area (Å²) in [6, 6.07) is 0. The molecule has 0 saturated carbocycles. The van der Waals surface area contributed by atoms with E-state index in [0.717, 1.165) is 6.08 Å². The molecule has 0 amide bonds. The van der Waals surface area contributed by atoms with Crippen molar-refractivity contribution in [3.05, 3.63) is 21.2 Å². The maximum absolute atomic E-state index is 10.9. The zero-order valence-corrected chi connectivity index (χ0v) is 7.30. The molecule has 0 aliphatic heterocycles. The van der Waals surface area contributed by atoms with Gasteiger partial charge in [0.25, 0.3) is 0 Å². The molecule has 1 aliphatic rings. The predicted octanol–water partition coefficient (Wildman–Crippen LogP) is 1.95. The van der Waals surface area contributed by atoms with Gasteiger partial charge in [-0.2, -0.15) is 0 Å². The third kappa shape index (κ3) is 1.48. The smallest absolute Gasteiger partial charge is 0.217 e. The lowest BCUT2D eigenvalue weighted by Crippen LogP contribution is -2.10. The second-order valence-corrected chi connectivity index (χ2v) is 2.98. The number of rotatable bonds is 0. The lowest BCUT2D eigenvalue weighted by molar-refractivity contribution is -0.114. The van der Waals surface area contributed by atoms with E-state index in [-0.39, 0.29) is 15.1 Å². The summed E-state index contributed by atoms with van der Waals surface area (Å²) < 4.78 is 0. The van der Waals surface area contributed by atoms with Crippen LogP contribution in [0.25, 0.3) is 0 Å². The largest absolute Gasteiger partial charge is 0.288 e. The van der Waals surface area contributed by atoms with Crippen LogP contribution < -0.4 is 0 Å². The van der Waals surface area contributed by atoms with Gasteiger partial charge in [-0.3, -0.25) is 9.59 Å². The fourth-order valence-electron chi connectivity index (χ4n) is 0.557. The van der Waals surface area contributed by atoms with E-state index >= 15 is 0 Å². The highest BCUT2D eigenvalue weighted by Gasteiger charge is 2.24. The molecule has 0 N–H and O–H groups in total. The van der Waals surface area contributed by atoms with Crippen LogP contribution in [0.15, 0.2) is 21.2 Å². The zero-order valence-electron chi connectivity index (χ0n) is 5.03. The number of Topliss-reactive ketones (excluding diaryl/α,β-unsaturated/α-hetero) is 1. The molecule has 11 heavy (non-hydrogen) atoms. The van der Waals surface area contributed by atoms with Crippen molar-refractivity contribution in [2.45, 2.75) is 0 Å². The van der Waals surface area contributed by atoms with Crippen molar-refractivity contribution >= 4 is 46.4 Å². The van der Waals surface area contributed by atoms with Crippen molar-refractivity contribution in [1.29, 1.82) is 0 Å². The summed E-state index contributed by atoms with van der Waals surface area (Å²) in [7, 11) is 0. The lowest BCUT2D eigenvalue weighted by Gasteiger charge is -2.04. The molecule has 0 saturated heterocycles. The molecular formula is C6HCl3O2. The monoisotopic (exact) mass is 210 g/mol. The first-order valence-electron chi connectivity index (χ1n) is 2.55. The molecule has 0 radical (unpaired) electrons. The molecule has 5 heteroatoms. The molecule has 0 aromatic rings. The summed E-state index contributed by atoms with van der Waals surface area (Å²) in [5.41, 5.74) is 0. The Morgan fingerprint density at radius 3 is 2.09 bits per heavy atom. The molecular weight excluding hydrogens is 210 g/mol. The average molecular weight is 211 g/mol. The first-order chi connectivity index (χ1) is 5.04. The summed E-state index contributed by atoms with van der Waals surface area (Å²) >= 11 is 16.0. The summed E-state index contributed by atoms with van der Waals surface area (Å²) in [5, 5.41) is -0.797. The highest BCUT2D eigenvalue weighted by molar-refractivity contribution is 6.63. The van der Waals surface area contributed by atoms with Gasteiger partial charge in [0.2, 0.25) is 5.78 Å². The van der Waals surface area contributed by atoms with Gasteiger partial charge in [-0.15, -0.1) is 0 Å². The first kappa shape index (κ1) is 8.78. The maximum atomic E-state index is 10.9. The Bertz CT molecular complexity index is 301. The number of carbonyl (C=O) groups excluding carboxylic acids is 2. The van der Waals surface area contributed by atoms with Crippen LogP contribution >= 0.6 is 34.8 Å². The Balaban J connectivity index is 3.19. The van der Waals surface area contributed by atoms with E-state index in [0.29, 0.717) is 0 Å². The van der Waals surface area contributed by atoms with Gasteiger partial charge in [-0.05, 0) is 0 Å². The average Bonchev–Trinajstić information content (AvgIpc) is 1.97. The van der Waals surface area contributed by atoms with Crippen LogP contribution in [-0.4, -0.2) is 11.6 Å². The molecule has 1 aliphatic carbocycles. The van der Waals surface area contributed by atoms with Crippen molar-refractivity contribution in [2.75, 3.05) is 0 Å². The van der Waals surface area contributed by atoms with Crippen molar-refractivity contribution in [1.82, 2.24) is 0 Å². The zero-order chi connectivity index (χ0) is 8.59. The van der Waals surface area contributed by atoms with Crippen LogP contribution in [0.5, 0.6) is 0 Å². The Morgan fingerprint density at radius 2 is 1.55 bits per heavy atom. The van der Waals surface area contributed by atoms with E-state index in [2.05, 4.69) is 0 Å². The minimum absolute atomic E-state index is 0.204. The number of hydrogen-bond donors (Lipinski definition) is 0. The molecule has 1 rings (SSSR count). The molecule has 0 unspecified atom stereocenters. The number of ketones is 2. The summed E-state index contributed by atoms with van der Waals surface area (Å²) in [4.78, 5) is 21.6. The molecule has 58 valence electrons. The van der Waals surface area contributed by atoms with E-state index in [4.69, 9.17) is 34.8 Å². The molecule has 0 atom stereocenters. The fourth-order valence-corrected chi connectivity index (χ4v) is 1.13. The molecule has 0 aromatic carbocycles. The minimum Gasteiger partial charge on any atom is -0.288 e. The fraction of sp³-hybridized carbons (Fsp3) is 0. The predicted molar refractivity (Wildman–Crippen MR) is 42.7 cm³/mol. The van der Waals surface area contributed by atoms with Gasteiger partial charge in [-0.1, -0.05) is 34.8 Å². The van der Waals surface area contributed by atoms with Crippen molar-refractivity contribution in [3.63, 3.8) is 0 Å². The standard InChI is InChI=1S/C6HCl3O2/c7-2-1-3(10)4(8)5(9)6(2)11/h1H. The Morgan fingerprint density at radius 1 is 1.00 bits per heavy atom. The molecule has 0 aromatic heterocycles. The third-order valence-electron chi connectivity index (χ3n) is 1.08. The SMILES string of the molecule is O=C1C=C(Cl)C(=O)C(Cl)=C1Cl. The molecule has 0 heterocycles. The van der Waals surface area contributed by atoms with Crippen LogP contribution in [0, 0.1) is 0 Å². The van der Waals surface area contributed by atoms with Crippen LogP contribution in [0.3, 0.4) is 0 Å². The second-order valence-electron chi connectivity index (χ2n) is 1.81. The number of allylic oxidation sites excluding steroid dienone is 4. The highest BCUT2D eigenvalue weighted by Crippen LogP contribution is 2.26. The van der Waals surface area contributed by atoms with E-state index in [9.17, 15) is 9.59 Å². The highest BCUT2D eigenvalue weighted by atomic mass is 35.5. The molecule has 0 spiro atoms. The van der Waals surface area contributed by atoms with Crippen molar-refractivity contribution < 1.29 is 9.59 Å².